The summed E-state index contributed by atoms with van der Waals surface area (Å²) >= 11 is 0. The van der Waals surface area contributed by atoms with Gasteiger partial charge in [-0.2, -0.15) is 0 Å². The molecule has 94 valence electrons. The maximum atomic E-state index is 12.8. The van der Waals surface area contributed by atoms with Gasteiger partial charge in [0.05, 0.1) is 13.2 Å². The Bertz CT molecular complexity index is 508. The minimum atomic E-state index is -0.665. The molecule has 0 spiro atoms. The molecule has 1 N–H and O–H groups in total. The molecular formula is C15H15FO2. The van der Waals surface area contributed by atoms with Crippen LogP contribution in [0.4, 0.5) is 4.39 Å². The van der Waals surface area contributed by atoms with Crippen LogP contribution in [0, 0.1) is 5.82 Å². The van der Waals surface area contributed by atoms with E-state index in [2.05, 4.69) is 0 Å². The van der Waals surface area contributed by atoms with Crippen LogP contribution in [0.25, 0.3) is 0 Å². The molecule has 0 aliphatic carbocycles. The molecule has 0 aliphatic rings. The summed E-state index contributed by atoms with van der Waals surface area (Å²) in [6, 6.07) is 13.4. The molecule has 18 heavy (non-hydrogen) atoms. The van der Waals surface area contributed by atoms with Crippen molar-refractivity contribution in [1.82, 2.24) is 0 Å². The van der Waals surface area contributed by atoms with E-state index in [4.69, 9.17) is 4.74 Å². The van der Waals surface area contributed by atoms with Gasteiger partial charge in [-0.1, -0.05) is 30.3 Å². The predicted octanol–water partition coefficient (Wildman–Crippen LogP) is 3.11. The van der Waals surface area contributed by atoms with Gasteiger partial charge in [0.25, 0.3) is 0 Å². The molecule has 0 radical (unpaired) electrons. The Morgan fingerprint density at radius 1 is 1.11 bits per heavy atom. The van der Waals surface area contributed by atoms with E-state index in [-0.39, 0.29) is 5.82 Å². The fourth-order valence-corrected chi connectivity index (χ4v) is 1.88. The van der Waals surface area contributed by atoms with E-state index in [0.29, 0.717) is 12.0 Å². The van der Waals surface area contributed by atoms with E-state index in [9.17, 15) is 9.50 Å². The van der Waals surface area contributed by atoms with Gasteiger partial charge in [-0.05, 0) is 29.3 Å². The summed E-state index contributed by atoms with van der Waals surface area (Å²) in [6.45, 7) is 0. The zero-order valence-electron chi connectivity index (χ0n) is 10.1. The summed E-state index contributed by atoms with van der Waals surface area (Å²) in [5, 5.41) is 10.1. The van der Waals surface area contributed by atoms with Crippen LogP contribution >= 0.6 is 0 Å². The highest BCUT2D eigenvalue weighted by Gasteiger charge is 2.11. The van der Waals surface area contributed by atoms with Crippen molar-refractivity contribution in [3.05, 3.63) is 65.5 Å². The van der Waals surface area contributed by atoms with Gasteiger partial charge in [0.1, 0.15) is 11.6 Å². The van der Waals surface area contributed by atoms with Crippen LogP contribution in [0.3, 0.4) is 0 Å². The largest absolute Gasteiger partial charge is 0.496 e. The first-order valence-electron chi connectivity index (χ1n) is 5.76. The number of hydrogen-bond donors (Lipinski definition) is 1. The average Bonchev–Trinajstić information content (AvgIpc) is 2.40. The van der Waals surface area contributed by atoms with Gasteiger partial charge in [0.15, 0.2) is 0 Å². The molecule has 0 amide bonds. The van der Waals surface area contributed by atoms with Gasteiger partial charge >= 0.3 is 0 Å². The molecule has 1 atom stereocenters. The maximum Gasteiger partial charge on any atom is 0.123 e. The number of benzene rings is 2. The van der Waals surface area contributed by atoms with Crippen LogP contribution in [0.2, 0.25) is 0 Å². The molecule has 0 bridgehead atoms. The summed E-state index contributed by atoms with van der Waals surface area (Å²) in [5.41, 5.74) is 1.62. The van der Waals surface area contributed by atoms with Gasteiger partial charge in [-0.3, -0.25) is 0 Å². The van der Waals surface area contributed by atoms with E-state index in [1.807, 2.05) is 24.3 Å². The third kappa shape index (κ3) is 2.87. The van der Waals surface area contributed by atoms with Crippen LogP contribution in [0.1, 0.15) is 17.2 Å². The first kappa shape index (κ1) is 12.6. The van der Waals surface area contributed by atoms with Crippen molar-refractivity contribution in [2.45, 2.75) is 12.5 Å². The van der Waals surface area contributed by atoms with Crippen LogP contribution in [-0.2, 0) is 6.42 Å². The molecule has 2 rings (SSSR count). The van der Waals surface area contributed by atoms with Crippen molar-refractivity contribution in [2.75, 3.05) is 7.11 Å². The molecule has 1 unspecified atom stereocenters. The van der Waals surface area contributed by atoms with Crippen molar-refractivity contribution in [2.24, 2.45) is 0 Å². The second-order valence-electron chi connectivity index (χ2n) is 4.08. The number of aliphatic hydroxyl groups excluding tert-OH is 1. The number of ether oxygens (including phenoxy) is 1. The van der Waals surface area contributed by atoms with Gasteiger partial charge in [0, 0.05) is 6.42 Å². The Balaban J connectivity index is 2.15. The third-order valence-corrected chi connectivity index (χ3v) is 2.86. The molecule has 3 heteroatoms. The standard InChI is InChI=1S/C15H15FO2/c1-18-15-5-3-2-4-12(15)10-14(17)11-6-8-13(16)9-7-11/h2-9,14,17H,10H2,1H3. The van der Waals surface area contributed by atoms with Crippen LogP contribution in [0.5, 0.6) is 5.75 Å². The monoisotopic (exact) mass is 246 g/mol. The molecule has 0 aromatic heterocycles. The number of methoxy groups -OCH3 is 1. The number of halogens is 1. The number of hydrogen-bond acceptors (Lipinski definition) is 2. The second kappa shape index (κ2) is 5.65. The Hall–Kier alpha value is -1.87. The molecular weight excluding hydrogens is 231 g/mol. The first-order chi connectivity index (χ1) is 8.70. The Labute approximate surface area is 106 Å². The van der Waals surface area contributed by atoms with Gasteiger partial charge in [-0.25, -0.2) is 4.39 Å². The quantitative estimate of drug-likeness (QED) is 0.898. The van der Waals surface area contributed by atoms with Gasteiger partial charge < -0.3 is 9.84 Å². The van der Waals surface area contributed by atoms with Crippen LogP contribution < -0.4 is 4.74 Å². The first-order valence-corrected chi connectivity index (χ1v) is 5.76. The minimum Gasteiger partial charge on any atom is -0.496 e. The van der Waals surface area contributed by atoms with E-state index in [1.165, 1.54) is 12.1 Å². The number of aliphatic hydroxyl groups is 1. The van der Waals surface area contributed by atoms with Crippen molar-refractivity contribution >= 4 is 0 Å². The normalized spacial score (nSPS) is 12.2. The zero-order chi connectivity index (χ0) is 13.0. The van der Waals surface area contributed by atoms with Crippen molar-refractivity contribution in [3.8, 4) is 5.75 Å². The minimum absolute atomic E-state index is 0.303. The van der Waals surface area contributed by atoms with Crippen molar-refractivity contribution in [3.63, 3.8) is 0 Å². The highest BCUT2D eigenvalue weighted by atomic mass is 19.1. The molecule has 0 heterocycles. The average molecular weight is 246 g/mol. The van der Waals surface area contributed by atoms with E-state index >= 15 is 0 Å². The SMILES string of the molecule is COc1ccccc1CC(O)c1ccc(F)cc1. The van der Waals surface area contributed by atoms with Crippen molar-refractivity contribution < 1.29 is 14.2 Å². The summed E-state index contributed by atoms with van der Waals surface area (Å²) < 4.78 is 18.0. The second-order valence-corrected chi connectivity index (χ2v) is 4.08. The van der Waals surface area contributed by atoms with E-state index in [1.54, 1.807) is 19.2 Å². The van der Waals surface area contributed by atoms with E-state index < -0.39 is 6.10 Å². The highest BCUT2D eigenvalue weighted by Crippen LogP contribution is 2.24. The van der Waals surface area contributed by atoms with Crippen LogP contribution in [-0.4, -0.2) is 12.2 Å². The lowest BCUT2D eigenvalue weighted by atomic mass is 10.0. The summed E-state index contributed by atoms with van der Waals surface area (Å²) in [4.78, 5) is 0. The lowest BCUT2D eigenvalue weighted by Gasteiger charge is -2.13. The lowest BCUT2D eigenvalue weighted by Crippen LogP contribution is -2.03. The lowest BCUT2D eigenvalue weighted by molar-refractivity contribution is 0.177. The molecule has 2 aromatic rings. The molecule has 0 aliphatic heterocycles. The number of rotatable bonds is 4. The molecule has 0 saturated heterocycles. The van der Waals surface area contributed by atoms with E-state index in [0.717, 1.165) is 11.3 Å². The molecule has 2 aromatic carbocycles. The summed E-state index contributed by atoms with van der Waals surface area (Å²) in [7, 11) is 1.60. The Kier molecular flexibility index (Phi) is 3.95. The topological polar surface area (TPSA) is 29.5 Å². The third-order valence-electron chi connectivity index (χ3n) is 2.86. The maximum absolute atomic E-state index is 12.8. The molecule has 2 nitrogen and oxygen atoms in total. The van der Waals surface area contributed by atoms with Gasteiger partial charge in [-0.15, -0.1) is 0 Å². The summed E-state index contributed by atoms with van der Waals surface area (Å²) in [5.74, 6) is 0.446. The Morgan fingerprint density at radius 2 is 1.78 bits per heavy atom. The smallest absolute Gasteiger partial charge is 0.123 e. The zero-order valence-corrected chi connectivity index (χ0v) is 10.1. The molecule has 0 saturated carbocycles. The fraction of sp³-hybridized carbons (Fsp3) is 0.200. The van der Waals surface area contributed by atoms with Crippen LogP contribution in [0.15, 0.2) is 48.5 Å². The Morgan fingerprint density at radius 3 is 2.44 bits per heavy atom. The highest BCUT2D eigenvalue weighted by molar-refractivity contribution is 5.34. The van der Waals surface area contributed by atoms with Gasteiger partial charge in [0.2, 0.25) is 0 Å². The number of para-hydroxylation sites is 1. The predicted molar refractivity (Wildman–Crippen MR) is 68.1 cm³/mol. The summed E-state index contributed by atoms with van der Waals surface area (Å²) in [6.07, 6.45) is -0.225. The fourth-order valence-electron chi connectivity index (χ4n) is 1.88. The molecule has 0 fully saturated rings. The van der Waals surface area contributed by atoms with Crippen molar-refractivity contribution in [1.29, 1.82) is 0 Å².